The summed E-state index contributed by atoms with van der Waals surface area (Å²) in [5.41, 5.74) is 7.42. The maximum atomic E-state index is 12.5. The molecule has 0 radical (unpaired) electrons. The number of nitrogens with two attached hydrogens (primary N) is 2. The lowest BCUT2D eigenvalue weighted by molar-refractivity contribution is -0.143. The van der Waals surface area contributed by atoms with E-state index in [1.165, 1.54) is 0 Å². The van der Waals surface area contributed by atoms with E-state index in [4.69, 9.17) is 11.5 Å². The van der Waals surface area contributed by atoms with Crippen LogP contribution in [0.3, 0.4) is 0 Å². The standard InChI is InChI=1S/C10H10F6N2.ClH/c11-9(12,13)6-1-5(8(18)4-17)2-7(3-6)10(14,15)16;/h1-3,8H,4,17-18H2;1H/t8-;/m1./s1. The molecular formula is C10H11ClF6N2. The average Bonchev–Trinajstić information content (AvgIpc) is 2.25. The molecule has 110 valence electrons. The van der Waals surface area contributed by atoms with Crippen molar-refractivity contribution >= 4 is 12.4 Å². The van der Waals surface area contributed by atoms with Crippen molar-refractivity contribution in [3.8, 4) is 0 Å². The number of alkyl halides is 6. The van der Waals surface area contributed by atoms with E-state index >= 15 is 0 Å². The summed E-state index contributed by atoms with van der Waals surface area (Å²) >= 11 is 0. The van der Waals surface area contributed by atoms with Crippen LogP contribution in [0.4, 0.5) is 26.3 Å². The van der Waals surface area contributed by atoms with Gasteiger partial charge >= 0.3 is 12.4 Å². The van der Waals surface area contributed by atoms with E-state index in [1.54, 1.807) is 0 Å². The van der Waals surface area contributed by atoms with Gasteiger partial charge in [-0.15, -0.1) is 12.4 Å². The molecule has 0 saturated carbocycles. The van der Waals surface area contributed by atoms with Crippen molar-refractivity contribution in [1.82, 2.24) is 0 Å². The number of hydrogen-bond acceptors (Lipinski definition) is 2. The molecule has 1 rings (SSSR count). The Bertz CT molecular complexity index is 397. The monoisotopic (exact) mass is 308 g/mol. The van der Waals surface area contributed by atoms with Crippen LogP contribution in [0.2, 0.25) is 0 Å². The first-order valence-corrected chi connectivity index (χ1v) is 4.80. The Morgan fingerprint density at radius 1 is 0.895 bits per heavy atom. The fourth-order valence-corrected chi connectivity index (χ4v) is 1.33. The predicted octanol–water partition coefficient (Wildman–Crippen LogP) is 3.10. The van der Waals surface area contributed by atoms with Gasteiger partial charge in [-0.2, -0.15) is 26.3 Å². The number of hydrogen-bond donors (Lipinski definition) is 2. The summed E-state index contributed by atoms with van der Waals surface area (Å²) < 4.78 is 74.8. The van der Waals surface area contributed by atoms with E-state index in [0.717, 1.165) is 0 Å². The normalized spacial score (nSPS) is 13.9. The molecule has 0 spiro atoms. The van der Waals surface area contributed by atoms with Crippen molar-refractivity contribution in [2.24, 2.45) is 11.5 Å². The average molecular weight is 309 g/mol. The third kappa shape index (κ3) is 4.55. The van der Waals surface area contributed by atoms with Crippen molar-refractivity contribution in [1.29, 1.82) is 0 Å². The molecule has 9 heteroatoms. The summed E-state index contributed by atoms with van der Waals surface area (Å²) in [4.78, 5) is 0. The van der Waals surface area contributed by atoms with Crippen molar-refractivity contribution in [2.45, 2.75) is 18.4 Å². The zero-order chi connectivity index (χ0) is 14.1. The molecule has 0 aliphatic heterocycles. The van der Waals surface area contributed by atoms with Crippen LogP contribution in [0.5, 0.6) is 0 Å². The molecule has 0 saturated heterocycles. The second-order valence-corrected chi connectivity index (χ2v) is 3.68. The van der Waals surface area contributed by atoms with Crippen LogP contribution in [0, 0.1) is 0 Å². The Morgan fingerprint density at radius 3 is 1.53 bits per heavy atom. The van der Waals surface area contributed by atoms with E-state index < -0.39 is 29.5 Å². The highest BCUT2D eigenvalue weighted by molar-refractivity contribution is 5.85. The van der Waals surface area contributed by atoms with Gasteiger partial charge in [-0.1, -0.05) is 0 Å². The lowest BCUT2D eigenvalue weighted by Crippen LogP contribution is -2.22. The Labute approximate surface area is 111 Å². The molecule has 2 nitrogen and oxygen atoms in total. The fraction of sp³-hybridized carbons (Fsp3) is 0.400. The summed E-state index contributed by atoms with van der Waals surface area (Å²) in [6.07, 6.45) is -9.74. The third-order valence-corrected chi connectivity index (χ3v) is 2.29. The van der Waals surface area contributed by atoms with Gasteiger partial charge in [-0.25, -0.2) is 0 Å². The van der Waals surface area contributed by atoms with Crippen molar-refractivity contribution in [3.05, 3.63) is 34.9 Å². The zero-order valence-corrected chi connectivity index (χ0v) is 10.2. The van der Waals surface area contributed by atoms with Crippen molar-refractivity contribution < 1.29 is 26.3 Å². The summed E-state index contributed by atoms with van der Waals surface area (Å²) in [6, 6.07) is 0.125. The SMILES string of the molecule is Cl.NC[C@@H](N)c1cc(C(F)(F)F)cc(C(F)(F)F)c1. The smallest absolute Gasteiger partial charge is 0.329 e. The van der Waals surface area contributed by atoms with Crippen LogP contribution in [0.25, 0.3) is 0 Å². The van der Waals surface area contributed by atoms with Crippen LogP contribution in [0.1, 0.15) is 22.7 Å². The van der Waals surface area contributed by atoms with E-state index in [9.17, 15) is 26.3 Å². The molecule has 0 fully saturated rings. The highest BCUT2D eigenvalue weighted by atomic mass is 35.5. The minimum absolute atomic E-state index is 0. The van der Waals surface area contributed by atoms with Gasteiger partial charge in [0.1, 0.15) is 0 Å². The number of benzene rings is 1. The minimum Gasteiger partial charge on any atom is -0.329 e. The molecule has 1 atom stereocenters. The second-order valence-electron chi connectivity index (χ2n) is 3.68. The molecule has 0 bridgehead atoms. The summed E-state index contributed by atoms with van der Waals surface area (Å²) in [7, 11) is 0. The molecule has 0 aliphatic rings. The van der Waals surface area contributed by atoms with Crippen LogP contribution in [-0.2, 0) is 12.4 Å². The van der Waals surface area contributed by atoms with E-state index in [0.29, 0.717) is 12.1 Å². The molecule has 0 amide bonds. The maximum absolute atomic E-state index is 12.5. The van der Waals surface area contributed by atoms with E-state index in [-0.39, 0.29) is 30.6 Å². The highest BCUT2D eigenvalue weighted by Gasteiger charge is 2.37. The Kier molecular flexibility index (Phi) is 5.66. The van der Waals surface area contributed by atoms with Crippen molar-refractivity contribution in [2.75, 3.05) is 6.54 Å². The molecule has 0 unspecified atom stereocenters. The van der Waals surface area contributed by atoms with Gasteiger partial charge in [0.25, 0.3) is 0 Å². The Hall–Kier alpha value is -0.990. The highest BCUT2D eigenvalue weighted by Crippen LogP contribution is 2.37. The Balaban J connectivity index is 0.00000324. The molecule has 0 heterocycles. The van der Waals surface area contributed by atoms with Crippen LogP contribution >= 0.6 is 12.4 Å². The predicted molar refractivity (Wildman–Crippen MR) is 59.7 cm³/mol. The molecule has 19 heavy (non-hydrogen) atoms. The molecule has 4 N–H and O–H groups in total. The summed E-state index contributed by atoms with van der Waals surface area (Å²) in [5.74, 6) is 0. The lowest BCUT2D eigenvalue weighted by atomic mass is 10.00. The molecular weight excluding hydrogens is 298 g/mol. The topological polar surface area (TPSA) is 52.0 Å². The molecule has 1 aromatic carbocycles. The number of halogens is 7. The van der Waals surface area contributed by atoms with Gasteiger partial charge in [0, 0.05) is 12.6 Å². The van der Waals surface area contributed by atoms with Crippen LogP contribution < -0.4 is 11.5 Å². The largest absolute Gasteiger partial charge is 0.416 e. The summed E-state index contributed by atoms with van der Waals surface area (Å²) in [5, 5.41) is 0. The van der Waals surface area contributed by atoms with E-state index in [2.05, 4.69) is 0 Å². The van der Waals surface area contributed by atoms with Crippen molar-refractivity contribution in [3.63, 3.8) is 0 Å². The molecule has 0 aliphatic carbocycles. The van der Waals surface area contributed by atoms with Crippen LogP contribution in [0.15, 0.2) is 18.2 Å². The van der Waals surface area contributed by atoms with Gasteiger partial charge < -0.3 is 11.5 Å². The molecule has 0 aromatic heterocycles. The second kappa shape index (κ2) is 5.98. The van der Waals surface area contributed by atoms with E-state index in [1.807, 2.05) is 0 Å². The first kappa shape index (κ1) is 18.0. The fourth-order valence-electron chi connectivity index (χ4n) is 1.33. The minimum atomic E-state index is -4.87. The summed E-state index contributed by atoms with van der Waals surface area (Å²) in [6.45, 7) is -0.251. The zero-order valence-electron chi connectivity index (χ0n) is 9.35. The first-order valence-electron chi connectivity index (χ1n) is 4.80. The quantitative estimate of drug-likeness (QED) is 0.825. The number of rotatable bonds is 2. The first-order chi connectivity index (χ1) is 8.05. The van der Waals surface area contributed by atoms with Gasteiger partial charge in [0.15, 0.2) is 0 Å². The lowest BCUT2D eigenvalue weighted by Gasteiger charge is -2.16. The van der Waals surface area contributed by atoms with Gasteiger partial charge in [0.2, 0.25) is 0 Å². The van der Waals surface area contributed by atoms with Gasteiger partial charge in [-0.05, 0) is 23.8 Å². The van der Waals surface area contributed by atoms with Crippen LogP contribution in [-0.4, -0.2) is 6.54 Å². The maximum Gasteiger partial charge on any atom is 0.416 e. The third-order valence-electron chi connectivity index (χ3n) is 2.29. The van der Waals surface area contributed by atoms with Gasteiger partial charge in [0.05, 0.1) is 11.1 Å². The Morgan fingerprint density at radius 2 is 1.26 bits per heavy atom. The van der Waals surface area contributed by atoms with Gasteiger partial charge in [-0.3, -0.25) is 0 Å². The molecule has 1 aromatic rings.